The fourth-order valence-corrected chi connectivity index (χ4v) is 2.50. The monoisotopic (exact) mass is 407 g/mol. The molecule has 0 aromatic heterocycles. The van der Waals surface area contributed by atoms with E-state index in [0.29, 0.717) is 24.9 Å². The molecule has 1 aliphatic heterocycles. The molecule has 0 aromatic carbocycles. The molecule has 9 nitrogen and oxygen atoms in total. The van der Waals surface area contributed by atoms with Gasteiger partial charge in [-0.2, -0.15) is 4.99 Å². The van der Waals surface area contributed by atoms with Crippen molar-refractivity contribution < 1.29 is 19.4 Å². The number of nitrogens with two attached hydrogens (primary N) is 2. The second kappa shape index (κ2) is 16.3. The molecule has 2 unspecified atom stereocenters. The normalized spacial score (nSPS) is 18.7. The third-order valence-corrected chi connectivity index (χ3v) is 4.00. The summed E-state index contributed by atoms with van der Waals surface area (Å²) in [5, 5.41) is 11.9. The van der Waals surface area contributed by atoms with Gasteiger partial charge in [-0.05, 0) is 32.2 Å². The Hall–Kier alpha value is -2.67. The molecular weight excluding hydrogens is 374 g/mol. The van der Waals surface area contributed by atoms with E-state index in [2.05, 4.69) is 35.3 Å². The van der Waals surface area contributed by atoms with Crippen LogP contribution in [0.1, 0.15) is 32.1 Å². The Bertz CT molecular complexity index is 624. The van der Waals surface area contributed by atoms with Crippen LogP contribution in [-0.4, -0.2) is 67.2 Å². The van der Waals surface area contributed by atoms with Gasteiger partial charge in [0.25, 0.3) is 0 Å². The first-order valence-electron chi connectivity index (χ1n) is 9.44. The minimum atomic E-state index is -0.217. The molecule has 2 amide bonds. The van der Waals surface area contributed by atoms with E-state index in [4.69, 9.17) is 21.3 Å². The van der Waals surface area contributed by atoms with Crippen molar-refractivity contribution in [3.63, 3.8) is 0 Å². The highest BCUT2D eigenvalue weighted by Crippen LogP contribution is 2.22. The zero-order chi connectivity index (χ0) is 22.1. The molecule has 0 aromatic rings. The Kier molecular flexibility index (Phi) is 14.8. The fourth-order valence-electron chi connectivity index (χ4n) is 2.50. The van der Waals surface area contributed by atoms with Crippen molar-refractivity contribution in [2.75, 3.05) is 26.7 Å². The zero-order valence-electron chi connectivity index (χ0n) is 17.1. The summed E-state index contributed by atoms with van der Waals surface area (Å²) in [5.74, 6) is 5.51. The molecule has 0 spiro atoms. The summed E-state index contributed by atoms with van der Waals surface area (Å²) in [6.45, 7) is 6.69. The summed E-state index contributed by atoms with van der Waals surface area (Å²) < 4.78 is 5.68. The Morgan fingerprint density at radius 3 is 2.72 bits per heavy atom. The molecule has 1 saturated heterocycles. The number of nitrogens with one attached hydrogen (secondary N) is 1. The van der Waals surface area contributed by atoms with Crippen molar-refractivity contribution in [1.82, 2.24) is 10.2 Å². The second-order valence-electron chi connectivity index (χ2n) is 6.12. The number of amidine groups is 1. The lowest BCUT2D eigenvalue weighted by atomic mass is 10.2. The number of carbonyl (C=O) groups excluding carboxylic acids is 2. The number of hydrogen-bond donors (Lipinski definition) is 4. The Balaban J connectivity index is 0.00000379. The summed E-state index contributed by atoms with van der Waals surface area (Å²) in [4.78, 5) is 27.6. The van der Waals surface area contributed by atoms with Crippen LogP contribution in [0.25, 0.3) is 0 Å². The second-order valence-corrected chi connectivity index (χ2v) is 6.12. The van der Waals surface area contributed by atoms with E-state index in [1.165, 1.54) is 0 Å². The highest BCUT2D eigenvalue weighted by Gasteiger charge is 2.26. The van der Waals surface area contributed by atoms with Gasteiger partial charge in [0.2, 0.25) is 12.3 Å². The maximum absolute atomic E-state index is 11.6. The highest BCUT2D eigenvalue weighted by atomic mass is 16.5. The van der Waals surface area contributed by atoms with Crippen molar-refractivity contribution in [2.45, 2.75) is 44.4 Å². The minimum Gasteiger partial charge on any atom is -0.394 e. The topological polar surface area (TPSA) is 143 Å². The maximum Gasteiger partial charge on any atom is 0.234 e. The standard InChI is InChI=1S/C18H29N5O4.C2H4/c1-23(17-8-7-15(12-24)27-17)11-14(18(20)22-13-25)5-4-10-21-16(26)6-2-3-9-19;1-2/h11,13,15,17,24H,2-3,6-10,12,19H2,1H3,(H,21,26)(H2,20,22,25);1-2H2/b14-11-;. The molecule has 9 heteroatoms. The number of hydrogen-bond acceptors (Lipinski definition) is 6. The zero-order valence-corrected chi connectivity index (χ0v) is 17.1. The predicted octanol–water partition coefficient (Wildman–Crippen LogP) is -0.136. The molecule has 0 radical (unpaired) electrons. The molecule has 6 N–H and O–H groups in total. The summed E-state index contributed by atoms with van der Waals surface area (Å²) in [6, 6.07) is 0. The first-order chi connectivity index (χ1) is 14.0. The van der Waals surface area contributed by atoms with Crippen LogP contribution in [-0.2, 0) is 14.3 Å². The first kappa shape index (κ1) is 26.3. The van der Waals surface area contributed by atoms with Crippen LogP contribution in [0.4, 0.5) is 0 Å². The average molecular weight is 408 g/mol. The fraction of sp³-hybridized carbons (Fsp3) is 0.550. The predicted molar refractivity (Wildman–Crippen MR) is 113 cm³/mol. The highest BCUT2D eigenvalue weighted by molar-refractivity contribution is 6.03. The van der Waals surface area contributed by atoms with Gasteiger partial charge < -0.3 is 31.5 Å². The Morgan fingerprint density at radius 2 is 2.14 bits per heavy atom. The van der Waals surface area contributed by atoms with Crippen molar-refractivity contribution in [1.29, 1.82) is 0 Å². The quantitative estimate of drug-likeness (QED) is 0.0986. The lowest BCUT2D eigenvalue weighted by Gasteiger charge is -2.23. The van der Waals surface area contributed by atoms with E-state index < -0.39 is 0 Å². The number of aliphatic imine (C=N–C) groups is 1. The molecular formula is C20H33N5O4. The number of aliphatic hydroxyl groups excluding tert-OH is 1. The number of unbranched alkanes of at least 4 members (excludes halogenated alkanes) is 1. The van der Waals surface area contributed by atoms with Gasteiger partial charge in [-0.3, -0.25) is 9.59 Å². The molecule has 29 heavy (non-hydrogen) atoms. The molecule has 1 rings (SSSR count). The van der Waals surface area contributed by atoms with Gasteiger partial charge in [-0.25, -0.2) is 0 Å². The van der Waals surface area contributed by atoms with E-state index in [9.17, 15) is 9.59 Å². The number of carbonyl (C=O) groups is 2. The first-order valence-corrected chi connectivity index (χ1v) is 9.44. The molecule has 1 aliphatic rings. The third kappa shape index (κ3) is 11.0. The van der Waals surface area contributed by atoms with Crippen LogP contribution in [0.5, 0.6) is 0 Å². The Labute approximate surface area is 172 Å². The number of nitrogens with zero attached hydrogens (tertiary/aromatic N) is 2. The summed E-state index contributed by atoms with van der Waals surface area (Å²) >= 11 is 0. The van der Waals surface area contributed by atoms with E-state index >= 15 is 0 Å². The van der Waals surface area contributed by atoms with E-state index in [-0.39, 0.29) is 37.2 Å². The van der Waals surface area contributed by atoms with Crippen LogP contribution in [0.3, 0.4) is 0 Å². The van der Waals surface area contributed by atoms with E-state index in [0.717, 1.165) is 25.7 Å². The molecule has 0 bridgehead atoms. The van der Waals surface area contributed by atoms with E-state index in [1.807, 2.05) is 0 Å². The smallest absolute Gasteiger partial charge is 0.234 e. The van der Waals surface area contributed by atoms with Gasteiger partial charge in [0.05, 0.1) is 24.8 Å². The van der Waals surface area contributed by atoms with Crippen LogP contribution in [0, 0.1) is 11.8 Å². The van der Waals surface area contributed by atoms with Gasteiger partial charge in [0.1, 0.15) is 12.1 Å². The number of ether oxygens (including phenoxy) is 1. The van der Waals surface area contributed by atoms with Crippen molar-refractivity contribution in [2.24, 2.45) is 16.5 Å². The van der Waals surface area contributed by atoms with Crippen LogP contribution in [0.15, 0.2) is 29.9 Å². The van der Waals surface area contributed by atoms with Gasteiger partial charge >= 0.3 is 0 Å². The van der Waals surface area contributed by atoms with Crippen molar-refractivity contribution in [3.05, 3.63) is 24.9 Å². The number of rotatable bonds is 10. The third-order valence-electron chi connectivity index (χ3n) is 4.00. The van der Waals surface area contributed by atoms with Crippen LogP contribution in [0.2, 0.25) is 0 Å². The van der Waals surface area contributed by atoms with Crippen molar-refractivity contribution in [3.8, 4) is 11.8 Å². The summed E-state index contributed by atoms with van der Waals surface area (Å²) in [7, 11) is 1.79. The number of aliphatic hydroxyl groups is 1. The Morgan fingerprint density at radius 1 is 1.41 bits per heavy atom. The molecule has 1 fully saturated rings. The lowest BCUT2D eigenvalue weighted by Crippen LogP contribution is -2.29. The van der Waals surface area contributed by atoms with Crippen molar-refractivity contribution >= 4 is 18.2 Å². The largest absolute Gasteiger partial charge is 0.394 e. The molecule has 1 heterocycles. The number of amides is 2. The summed E-state index contributed by atoms with van der Waals surface area (Å²) in [6.07, 6.45) is 5.04. The minimum absolute atomic E-state index is 0.0182. The summed E-state index contributed by atoms with van der Waals surface area (Å²) in [5.41, 5.74) is 11.5. The van der Waals surface area contributed by atoms with Crippen LogP contribution >= 0.6 is 0 Å². The lowest BCUT2D eigenvalue weighted by molar-refractivity contribution is -0.121. The van der Waals surface area contributed by atoms with Gasteiger partial charge in [-0.1, -0.05) is 11.8 Å². The molecule has 0 aliphatic carbocycles. The maximum atomic E-state index is 11.6. The molecule has 0 saturated carbocycles. The van der Waals surface area contributed by atoms with Gasteiger partial charge in [-0.15, -0.1) is 13.2 Å². The average Bonchev–Trinajstić information content (AvgIpc) is 3.21. The van der Waals surface area contributed by atoms with Gasteiger partial charge in [0, 0.05) is 19.7 Å². The molecule has 2 atom stereocenters. The SMILES string of the molecule is C=C.CN(/C=C(/C#CCNC(=O)CCCCN)C(N)=NC=O)C1CCC(CO)O1. The molecule has 162 valence electrons. The van der Waals surface area contributed by atoms with Crippen LogP contribution < -0.4 is 16.8 Å². The van der Waals surface area contributed by atoms with E-state index in [1.54, 1.807) is 18.1 Å². The van der Waals surface area contributed by atoms with Gasteiger partial charge in [0.15, 0.2) is 0 Å².